The largest absolute Gasteiger partial charge is 0.427 e. The second kappa shape index (κ2) is 8.60. The third-order valence-corrected chi connectivity index (χ3v) is 9.84. The summed E-state index contributed by atoms with van der Waals surface area (Å²) in [6.07, 6.45) is 0. The van der Waals surface area contributed by atoms with Crippen molar-refractivity contribution < 1.29 is 9.76 Å². The van der Waals surface area contributed by atoms with Crippen LogP contribution < -0.4 is 10.8 Å². The van der Waals surface area contributed by atoms with Gasteiger partial charge in [0.05, 0.1) is 21.6 Å². The molecule has 6 aromatic rings. The lowest BCUT2D eigenvalue weighted by atomic mass is 9.81. The zero-order valence-corrected chi connectivity index (χ0v) is 22.5. The molecular weight excluding hydrogens is 481 g/mol. The van der Waals surface area contributed by atoms with Gasteiger partial charge in [-0.2, -0.15) is 0 Å². The molecule has 0 saturated heterocycles. The number of fused-ring (bicyclic) bond motifs is 6. The second-order valence-electron chi connectivity index (χ2n) is 10.3. The molecule has 3 nitrogen and oxygen atoms in total. The maximum atomic E-state index is 10.7. The molecule has 0 atom stereocenters. The van der Waals surface area contributed by atoms with E-state index >= 15 is 0 Å². The highest BCUT2D eigenvalue weighted by molar-refractivity contribution is 7.27. The Balaban J connectivity index is 1.50. The van der Waals surface area contributed by atoms with E-state index < -0.39 is 11.2 Å². The fourth-order valence-electron chi connectivity index (χ4n) is 4.52. The molecule has 0 saturated carbocycles. The lowest BCUT2D eigenvalue weighted by Crippen LogP contribution is -2.49. The van der Waals surface area contributed by atoms with E-state index in [1.807, 2.05) is 25.2 Å². The fraction of sp³-hybridized carbons (Fsp3) is 0.200. The van der Waals surface area contributed by atoms with E-state index in [1.54, 1.807) is 25.2 Å². The average molecular weight is 510 g/mol. The van der Waals surface area contributed by atoms with E-state index in [1.165, 1.54) is 40.3 Å². The first kappa shape index (κ1) is 23.5. The first-order chi connectivity index (χ1) is 17.2. The highest BCUT2D eigenvalue weighted by Crippen LogP contribution is 2.40. The van der Waals surface area contributed by atoms with Crippen molar-refractivity contribution in [3.63, 3.8) is 0 Å². The van der Waals surface area contributed by atoms with Crippen LogP contribution in [0.2, 0.25) is 0 Å². The van der Waals surface area contributed by atoms with Gasteiger partial charge in [0.15, 0.2) is 0 Å². The molecule has 2 N–H and O–H groups in total. The molecule has 0 radical (unpaired) electrons. The van der Waals surface area contributed by atoms with Gasteiger partial charge < -0.3 is 15.1 Å². The van der Waals surface area contributed by atoms with E-state index in [0.29, 0.717) is 7.48 Å². The maximum Gasteiger partial charge on any atom is 0.313 e. The Morgan fingerprint density at radius 2 is 1.25 bits per heavy atom. The first-order valence-corrected chi connectivity index (χ1v) is 13.8. The smallest absolute Gasteiger partial charge is 0.313 e. The first-order valence-electron chi connectivity index (χ1n) is 12.2. The molecule has 0 unspecified atom stereocenters. The molecular formula is C30H28BNO2S2. The molecule has 2 aromatic heterocycles. The number of rotatable bonds is 6. The molecule has 6 rings (SSSR count). The highest BCUT2D eigenvalue weighted by Gasteiger charge is 2.36. The van der Waals surface area contributed by atoms with E-state index in [0.717, 1.165) is 16.8 Å². The van der Waals surface area contributed by atoms with Crippen molar-refractivity contribution in [3.8, 4) is 0 Å². The molecule has 2 heterocycles. The summed E-state index contributed by atoms with van der Waals surface area (Å²) in [6, 6.07) is 28.0. The van der Waals surface area contributed by atoms with Gasteiger partial charge in [-0.1, -0.05) is 54.6 Å². The minimum Gasteiger partial charge on any atom is -0.427 e. The summed E-state index contributed by atoms with van der Waals surface area (Å²) >= 11 is 3.62. The molecule has 36 heavy (non-hydrogen) atoms. The minimum absolute atomic E-state index is 0.395. The zero-order valence-electron chi connectivity index (χ0n) is 20.9. The number of benzene rings is 4. The number of anilines is 2. The van der Waals surface area contributed by atoms with Crippen LogP contribution in [-0.2, 0) is 4.65 Å². The van der Waals surface area contributed by atoms with Crippen molar-refractivity contribution in [3.05, 3.63) is 78.9 Å². The average Bonchev–Trinajstić information content (AvgIpc) is 3.42. The van der Waals surface area contributed by atoms with Crippen LogP contribution in [0, 0.1) is 0 Å². The topological polar surface area (TPSA) is 41.5 Å². The van der Waals surface area contributed by atoms with Crippen LogP contribution in [-0.4, -0.2) is 23.8 Å². The predicted molar refractivity (Wildman–Crippen MR) is 160 cm³/mol. The van der Waals surface area contributed by atoms with Crippen molar-refractivity contribution >= 4 is 87.3 Å². The van der Waals surface area contributed by atoms with Crippen molar-refractivity contribution in [2.45, 2.75) is 38.9 Å². The van der Waals surface area contributed by atoms with Crippen LogP contribution in [0.15, 0.2) is 78.9 Å². The van der Waals surface area contributed by atoms with Gasteiger partial charge in [0, 0.05) is 35.9 Å². The van der Waals surface area contributed by atoms with Crippen molar-refractivity contribution in [1.29, 1.82) is 0 Å². The predicted octanol–water partition coefficient (Wildman–Crippen LogP) is 7.71. The molecule has 0 amide bonds. The summed E-state index contributed by atoms with van der Waals surface area (Å²) in [6.45, 7) is 7.49. The van der Waals surface area contributed by atoms with Crippen LogP contribution in [0.4, 0.5) is 11.4 Å². The van der Waals surface area contributed by atoms with Crippen LogP contribution in [0.3, 0.4) is 0 Å². The van der Waals surface area contributed by atoms with Gasteiger partial charge in [-0.15, -0.1) is 22.7 Å². The number of thiophene rings is 2. The molecule has 0 bridgehead atoms. The molecule has 6 heteroatoms. The normalized spacial score (nSPS) is 12.7. The number of aliphatic hydroxyl groups is 1. The third-order valence-electron chi connectivity index (χ3n) is 7.37. The molecule has 4 aromatic carbocycles. The Bertz CT molecular complexity index is 1740. The van der Waals surface area contributed by atoms with Crippen LogP contribution in [0.5, 0.6) is 0 Å². The van der Waals surface area contributed by atoms with Gasteiger partial charge in [-0.05, 0) is 62.8 Å². The van der Waals surface area contributed by atoms with E-state index in [4.69, 9.17) is 4.65 Å². The summed E-state index contributed by atoms with van der Waals surface area (Å²) in [7, 11) is 0.395. The highest BCUT2D eigenvalue weighted by atomic mass is 32.1. The quantitative estimate of drug-likeness (QED) is 0.226. The summed E-state index contributed by atoms with van der Waals surface area (Å²) in [5, 5.41) is 19.5. The Labute approximate surface area is 219 Å². The number of nitrogens with one attached hydrogen (secondary N) is 1. The number of hydrogen-bond donors (Lipinski definition) is 2. The Morgan fingerprint density at radius 3 is 1.92 bits per heavy atom. The van der Waals surface area contributed by atoms with Gasteiger partial charge in [-0.25, -0.2) is 0 Å². The summed E-state index contributed by atoms with van der Waals surface area (Å²) in [5.74, 6) is 0. The summed E-state index contributed by atoms with van der Waals surface area (Å²) in [4.78, 5) is 0. The van der Waals surface area contributed by atoms with Crippen LogP contribution in [0.1, 0.15) is 27.7 Å². The third kappa shape index (κ3) is 3.89. The lowest BCUT2D eigenvalue weighted by molar-refractivity contribution is -0.0892. The molecule has 0 aliphatic carbocycles. The Morgan fingerprint density at radius 1 is 0.667 bits per heavy atom. The van der Waals surface area contributed by atoms with Gasteiger partial charge in [-0.3, -0.25) is 0 Å². The van der Waals surface area contributed by atoms with Gasteiger partial charge in [0.1, 0.15) is 0 Å². The number of hydrogen-bond acceptors (Lipinski definition) is 5. The Hall–Kier alpha value is -2.90. The van der Waals surface area contributed by atoms with Crippen LogP contribution in [0.25, 0.3) is 40.3 Å². The van der Waals surface area contributed by atoms with E-state index in [2.05, 4.69) is 84.2 Å². The van der Waals surface area contributed by atoms with Crippen molar-refractivity contribution in [2.75, 3.05) is 5.32 Å². The molecule has 0 aliphatic heterocycles. The van der Waals surface area contributed by atoms with Gasteiger partial charge >= 0.3 is 7.48 Å². The second-order valence-corrected chi connectivity index (χ2v) is 12.4. The Kier molecular flexibility index (Phi) is 5.61. The molecule has 0 aliphatic rings. The van der Waals surface area contributed by atoms with Crippen LogP contribution >= 0.6 is 22.7 Å². The zero-order chi connectivity index (χ0) is 25.1. The minimum atomic E-state index is -0.975. The molecule has 0 spiro atoms. The fourth-order valence-corrected chi connectivity index (χ4v) is 6.93. The summed E-state index contributed by atoms with van der Waals surface area (Å²) in [5.41, 5.74) is 1.55. The molecule has 180 valence electrons. The summed E-state index contributed by atoms with van der Waals surface area (Å²) < 4.78 is 11.4. The van der Waals surface area contributed by atoms with Gasteiger partial charge in [0.25, 0.3) is 0 Å². The van der Waals surface area contributed by atoms with E-state index in [9.17, 15) is 5.11 Å². The molecule has 0 fully saturated rings. The maximum absolute atomic E-state index is 10.7. The monoisotopic (exact) mass is 509 g/mol. The SMILES string of the molecule is CC(C)(O)C(C)(C)OBc1c(Nc2cccc3c2sc2ccccc23)ccc2c1sc1ccccc12. The van der Waals surface area contributed by atoms with E-state index in [-0.39, 0.29) is 0 Å². The van der Waals surface area contributed by atoms with Gasteiger partial charge in [0.2, 0.25) is 0 Å². The lowest BCUT2D eigenvalue weighted by Gasteiger charge is -2.37. The van der Waals surface area contributed by atoms with Crippen molar-refractivity contribution in [2.24, 2.45) is 0 Å². The standard InChI is InChI=1S/C30H28BNO2S2/c1-29(2,33)30(3,4)34-31-26-22(17-16-21-19-11-6-8-15-25(19)36-28(21)26)32-23-13-9-12-20-18-10-5-7-14-24(18)35-27(20)23/h5-17,31-33H,1-4H3. The van der Waals surface area contributed by atoms with Crippen molar-refractivity contribution in [1.82, 2.24) is 0 Å².